The van der Waals surface area contributed by atoms with Crippen LogP contribution >= 0.6 is 23.5 Å². The predicted octanol–water partition coefficient (Wildman–Crippen LogP) is -3.48. The van der Waals surface area contributed by atoms with Gasteiger partial charge in [-0.25, -0.2) is 13.7 Å². The molecule has 1 rings (SSSR count). The lowest BCUT2D eigenvalue weighted by Gasteiger charge is -2.44. The van der Waals surface area contributed by atoms with Gasteiger partial charge >= 0.3 is 23.5 Å². The first-order chi connectivity index (χ1) is 10.5. The minimum atomic E-state index is -5.43. The quantitative estimate of drug-likeness (QED) is 0.189. The van der Waals surface area contributed by atoms with Gasteiger partial charge in [-0.15, -0.1) is 0 Å². The van der Waals surface area contributed by atoms with E-state index in [2.05, 4.69) is 13.6 Å². The van der Waals surface area contributed by atoms with Crippen molar-refractivity contribution >= 4 is 23.5 Å². The average Bonchev–Trinajstić information content (AvgIpc) is 2.32. The van der Waals surface area contributed by atoms with Crippen LogP contribution in [0.25, 0.3) is 0 Å². The Morgan fingerprint density at radius 3 is 1.08 bits per heavy atom. The molecule has 9 N–H and O–H groups in total. The molecule has 0 saturated heterocycles. The van der Waals surface area contributed by atoms with Crippen LogP contribution in [0.1, 0.15) is 0 Å². The molecule has 144 valence electrons. The van der Waals surface area contributed by atoms with Crippen molar-refractivity contribution in [2.75, 3.05) is 0 Å². The Balaban J connectivity index is 3.23. The molecule has 6 atom stereocenters. The molecule has 1 saturated carbocycles. The van der Waals surface area contributed by atoms with Crippen LogP contribution in [0.4, 0.5) is 0 Å². The van der Waals surface area contributed by atoms with Crippen molar-refractivity contribution in [3.63, 3.8) is 0 Å². The predicted molar refractivity (Wildman–Crippen MR) is 68.8 cm³/mol. The summed E-state index contributed by atoms with van der Waals surface area (Å²) in [6.07, 6.45) is -14.3. The van der Waals surface area contributed by atoms with Crippen LogP contribution in [0.5, 0.6) is 0 Å². The third-order valence-corrected chi connectivity index (χ3v) is 4.35. The van der Waals surface area contributed by atoms with Gasteiger partial charge in [0.2, 0.25) is 0 Å². The number of hydrogen-bond donors (Lipinski definition) is 9. The summed E-state index contributed by atoms with van der Waals surface area (Å²) in [5.41, 5.74) is 0. The number of phosphoric ester groups is 3. The van der Waals surface area contributed by atoms with E-state index in [1.54, 1.807) is 0 Å². The lowest BCUT2D eigenvalue weighted by molar-refractivity contribution is -0.212. The molecule has 0 spiro atoms. The van der Waals surface area contributed by atoms with Crippen LogP contribution in [0.15, 0.2) is 0 Å². The number of hydrogen-bond acceptors (Lipinski definition) is 9. The van der Waals surface area contributed by atoms with Crippen molar-refractivity contribution in [1.29, 1.82) is 0 Å². The monoisotopic (exact) mass is 420 g/mol. The number of rotatable bonds is 6. The highest BCUT2D eigenvalue weighted by atomic mass is 31.2. The molecule has 18 heteroatoms. The van der Waals surface area contributed by atoms with E-state index >= 15 is 0 Å². The summed E-state index contributed by atoms with van der Waals surface area (Å²) in [7, 11) is -16.2. The first kappa shape index (κ1) is 22.3. The van der Waals surface area contributed by atoms with Gasteiger partial charge in [0, 0.05) is 0 Å². The zero-order valence-corrected chi connectivity index (χ0v) is 14.0. The summed E-state index contributed by atoms with van der Waals surface area (Å²) in [5.74, 6) is 0. The second-order valence-electron chi connectivity index (χ2n) is 4.65. The van der Waals surface area contributed by atoms with Crippen molar-refractivity contribution in [2.24, 2.45) is 0 Å². The van der Waals surface area contributed by atoms with Crippen LogP contribution in [-0.2, 0) is 27.3 Å². The van der Waals surface area contributed by atoms with Crippen LogP contribution < -0.4 is 0 Å². The highest BCUT2D eigenvalue weighted by Crippen LogP contribution is 2.49. The molecule has 0 aromatic rings. The van der Waals surface area contributed by atoms with Crippen molar-refractivity contribution in [2.45, 2.75) is 36.6 Å². The summed E-state index contributed by atoms with van der Waals surface area (Å²) >= 11 is 0. The van der Waals surface area contributed by atoms with E-state index in [1.807, 2.05) is 0 Å². The zero-order valence-electron chi connectivity index (χ0n) is 11.3. The standard InChI is InChI=1S/C6H15O15P3/c7-1-2(8)5(20-23(13,14)15)6(21-24(16,17)18)3(9)4(1)19-22(10,11)12/h1-9H,(H2,10,11,12)(H2,13,14,15)(H2,16,17,18)/t1-,2+,3-,4-,5+,6+/m1/s1. The molecule has 0 radical (unpaired) electrons. The highest BCUT2D eigenvalue weighted by Gasteiger charge is 2.56. The Morgan fingerprint density at radius 1 is 0.500 bits per heavy atom. The van der Waals surface area contributed by atoms with Crippen LogP contribution in [0, 0.1) is 0 Å². The Labute approximate surface area is 133 Å². The van der Waals surface area contributed by atoms with E-state index < -0.39 is 60.1 Å². The maximum Gasteiger partial charge on any atom is 0.470 e. The molecule has 1 aliphatic rings. The van der Waals surface area contributed by atoms with Crippen LogP contribution in [-0.4, -0.2) is 81.3 Å². The fraction of sp³-hybridized carbons (Fsp3) is 1.00. The molecule has 0 aromatic heterocycles. The summed E-state index contributed by atoms with van der Waals surface area (Å²) in [5, 5.41) is 29.3. The molecular formula is C6H15O15P3. The van der Waals surface area contributed by atoms with Crippen molar-refractivity contribution in [3.8, 4) is 0 Å². The average molecular weight is 420 g/mol. The van der Waals surface area contributed by atoms with E-state index in [1.165, 1.54) is 0 Å². The van der Waals surface area contributed by atoms with E-state index in [0.29, 0.717) is 0 Å². The maximum atomic E-state index is 10.9. The van der Waals surface area contributed by atoms with Crippen LogP contribution in [0.2, 0.25) is 0 Å². The molecule has 15 nitrogen and oxygen atoms in total. The number of aliphatic hydroxyl groups is 3. The lowest BCUT2D eigenvalue weighted by Crippen LogP contribution is -2.65. The molecule has 1 aliphatic carbocycles. The van der Waals surface area contributed by atoms with Gasteiger partial charge in [-0.1, -0.05) is 0 Å². The van der Waals surface area contributed by atoms with E-state index in [-0.39, 0.29) is 0 Å². The molecule has 0 heterocycles. The van der Waals surface area contributed by atoms with Gasteiger partial charge in [0.15, 0.2) is 0 Å². The molecule has 0 amide bonds. The molecule has 1 fully saturated rings. The largest absolute Gasteiger partial charge is 0.470 e. The Morgan fingerprint density at radius 2 is 0.750 bits per heavy atom. The van der Waals surface area contributed by atoms with Crippen LogP contribution in [0.3, 0.4) is 0 Å². The maximum absolute atomic E-state index is 10.9. The van der Waals surface area contributed by atoms with E-state index in [4.69, 9.17) is 29.4 Å². The van der Waals surface area contributed by atoms with Gasteiger partial charge < -0.3 is 44.7 Å². The SMILES string of the molecule is O=P(O)(O)O[C@@H]1[C@H](O)[C@H](O)[C@H](OP(=O)(O)O)[C@@H](OP(=O)(O)O)[C@@H]1O. The molecule has 0 aliphatic heterocycles. The molecule has 0 unspecified atom stereocenters. The minimum absolute atomic E-state index is 2.32. The second kappa shape index (κ2) is 7.45. The van der Waals surface area contributed by atoms with Crippen molar-refractivity contribution in [3.05, 3.63) is 0 Å². The Kier molecular flexibility index (Phi) is 6.90. The van der Waals surface area contributed by atoms with E-state index in [9.17, 15) is 29.0 Å². The first-order valence-corrected chi connectivity index (χ1v) is 10.4. The lowest BCUT2D eigenvalue weighted by atomic mass is 9.85. The van der Waals surface area contributed by atoms with Gasteiger partial charge in [-0.2, -0.15) is 0 Å². The third kappa shape index (κ3) is 6.50. The summed E-state index contributed by atoms with van der Waals surface area (Å²) < 4.78 is 44.7. The van der Waals surface area contributed by atoms with Gasteiger partial charge in [0.1, 0.15) is 36.6 Å². The fourth-order valence-corrected chi connectivity index (χ4v) is 3.70. The molecule has 0 aromatic carbocycles. The summed E-state index contributed by atoms with van der Waals surface area (Å²) in [6, 6.07) is 0. The van der Waals surface area contributed by atoms with Crippen molar-refractivity contribution in [1.82, 2.24) is 0 Å². The summed E-state index contributed by atoms with van der Waals surface area (Å²) in [4.78, 5) is 52.4. The Bertz CT molecular complexity index is 574. The second-order valence-corrected chi connectivity index (χ2v) is 8.23. The third-order valence-electron chi connectivity index (χ3n) is 2.80. The van der Waals surface area contributed by atoms with Gasteiger partial charge in [-0.05, 0) is 0 Å². The van der Waals surface area contributed by atoms with Gasteiger partial charge in [-0.3, -0.25) is 13.6 Å². The zero-order chi connectivity index (χ0) is 19.1. The van der Waals surface area contributed by atoms with Gasteiger partial charge in [0.05, 0.1) is 0 Å². The topological polar surface area (TPSA) is 261 Å². The molecule has 0 bridgehead atoms. The fourth-order valence-electron chi connectivity index (χ4n) is 2.01. The minimum Gasteiger partial charge on any atom is -0.387 e. The smallest absolute Gasteiger partial charge is 0.387 e. The Hall–Kier alpha value is 0.210. The van der Waals surface area contributed by atoms with E-state index in [0.717, 1.165) is 0 Å². The summed E-state index contributed by atoms with van der Waals surface area (Å²) in [6.45, 7) is 0. The molecular weight excluding hydrogens is 405 g/mol. The van der Waals surface area contributed by atoms with Crippen molar-refractivity contribution < 1.29 is 71.9 Å². The first-order valence-electron chi connectivity index (χ1n) is 5.78. The number of phosphoric acid groups is 3. The normalized spacial score (nSPS) is 35.9. The van der Waals surface area contributed by atoms with Gasteiger partial charge in [0.25, 0.3) is 0 Å². The highest BCUT2D eigenvalue weighted by molar-refractivity contribution is 7.46. The molecule has 24 heavy (non-hydrogen) atoms. The number of aliphatic hydroxyl groups excluding tert-OH is 3.